The molecular weight excluding hydrogens is 347 g/mol. The van der Waals surface area contributed by atoms with Crippen LogP contribution in [0.5, 0.6) is 5.75 Å². The number of rotatable bonds is 4. The minimum atomic E-state index is 0.120. The molecule has 0 fully saturated rings. The highest BCUT2D eigenvalue weighted by atomic mass is 35.5. The minimum absolute atomic E-state index is 0.120. The molecule has 3 aromatic rings. The van der Waals surface area contributed by atoms with Crippen molar-refractivity contribution in [2.45, 2.75) is 6.61 Å². The molecule has 0 unspecified atom stereocenters. The van der Waals surface area contributed by atoms with Gasteiger partial charge in [-0.05, 0) is 24.3 Å². The molecule has 22 heavy (non-hydrogen) atoms. The summed E-state index contributed by atoms with van der Waals surface area (Å²) in [6.45, 7) is 0.120. The van der Waals surface area contributed by atoms with Gasteiger partial charge in [-0.25, -0.2) is 0 Å². The van der Waals surface area contributed by atoms with Crippen LogP contribution in [0.15, 0.2) is 46.9 Å². The standard InChI is InChI=1S/C15H9Cl3N2O2/c16-11-4-2-1-3-10(11)15-20-19-14(22-15)8-21-9-5-6-12(17)13(18)7-9/h1-7H,8H2. The van der Waals surface area contributed by atoms with Gasteiger partial charge in [0.2, 0.25) is 5.89 Å². The van der Waals surface area contributed by atoms with Crippen molar-refractivity contribution >= 4 is 34.8 Å². The highest BCUT2D eigenvalue weighted by molar-refractivity contribution is 6.42. The highest BCUT2D eigenvalue weighted by Crippen LogP contribution is 2.28. The summed E-state index contributed by atoms with van der Waals surface area (Å²) in [5.41, 5.74) is 0.678. The monoisotopic (exact) mass is 354 g/mol. The molecule has 0 saturated heterocycles. The summed E-state index contributed by atoms with van der Waals surface area (Å²) in [7, 11) is 0. The van der Waals surface area contributed by atoms with Crippen molar-refractivity contribution in [3.8, 4) is 17.2 Å². The summed E-state index contributed by atoms with van der Waals surface area (Å²) in [5, 5.41) is 9.32. The molecule has 0 amide bonds. The fourth-order valence-electron chi connectivity index (χ4n) is 1.77. The van der Waals surface area contributed by atoms with Gasteiger partial charge in [0.25, 0.3) is 5.89 Å². The molecule has 112 valence electrons. The third kappa shape index (κ3) is 3.35. The fourth-order valence-corrected chi connectivity index (χ4v) is 2.27. The first-order chi connectivity index (χ1) is 10.6. The van der Waals surface area contributed by atoms with Crippen molar-refractivity contribution in [2.24, 2.45) is 0 Å². The number of hydrogen-bond donors (Lipinski definition) is 0. The topological polar surface area (TPSA) is 48.2 Å². The number of ether oxygens (including phenoxy) is 1. The first-order valence-electron chi connectivity index (χ1n) is 6.28. The highest BCUT2D eigenvalue weighted by Gasteiger charge is 2.12. The maximum absolute atomic E-state index is 6.09. The van der Waals surface area contributed by atoms with Crippen molar-refractivity contribution < 1.29 is 9.15 Å². The van der Waals surface area contributed by atoms with E-state index >= 15 is 0 Å². The number of aromatic nitrogens is 2. The Balaban J connectivity index is 1.72. The van der Waals surface area contributed by atoms with Crippen LogP contribution in [0.3, 0.4) is 0 Å². The van der Waals surface area contributed by atoms with Crippen LogP contribution in [-0.4, -0.2) is 10.2 Å². The van der Waals surface area contributed by atoms with Gasteiger partial charge in [-0.15, -0.1) is 10.2 Å². The first kappa shape index (κ1) is 15.2. The van der Waals surface area contributed by atoms with E-state index in [1.54, 1.807) is 30.3 Å². The average molecular weight is 356 g/mol. The predicted octanol–water partition coefficient (Wildman–Crippen LogP) is 5.28. The minimum Gasteiger partial charge on any atom is -0.484 e. The van der Waals surface area contributed by atoms with Gasteiger partial charge >= 0.3 is 0 Å². The van der Waals surface area contributed by atoms with E-state index in [-0.39, 0.29) is 6.61 Å². The fraction of sp³-hybridized carbons (Fsp3) is 0.0667. The Labute approximate surface area is 141 Å². The van der Waals surface area contributed by atoms with Gasteiger partial charge < -0.3 is 9.15 Å². The van der Waals surface area contributed by atoms with Crippen LogP contribution in [0.4, 0.5) is 0 Å². The zero-order chi connectivity index (χ0) is 15.5. The molecule has 0 aliphatic rings. The summed E-state index contributed by atoms with van der Waals surface area (Å²) in [6, 6.07) is 12.2. The molecule has 0 N–H and O–H groups in total. The van der Waals surface area contributed by atoms with E-state index in [1.165, 1.54) is 0 Å². The van der Waals surface area contributed by atoms with E-state index in [0.29, 0.717) is 38.2 Å². The zero-order valence-corrected chi connectivity index (χ0v) is 13.4. The van der Waals surface area contributed by atoms with Gasteiger partial charge in [-0.3, -0.25) is 0 Å². The van der Waals surface area contributed by atoms with Crippen LogP contribution in [-0.2, 0) is 6.61 Å². The van der Waals surface area contributed by atoms with Gasteiger partial charge in [0.05, 0.1) is 20.6 Å². The molecule has 3 rings (SSSR count). The van der Waals surface area contributed by atoms with Crippen molar-refractivity contribution in [3.63, 3.8) is 0 Å². The molecule has 0 aliphatic carbocycles. The van der Waals surface area contributed by atoms with Crippen molar-refractivity contribution in [2.75, 3.05) is 0 Å². The van der Waals surface area contributed by atoms with Crippen LogP contribution >= 0.6 is 34.8 Å². The van der Waals surface area contributed by atoms with E-state index in [2.05, 4.69) is 10.2 Å². The molecule has 0 atom stereocenters. The summed E-state index contributed by atoms with van der Waals surface area (Å²) in [5.74, 6) is 1.24. The number of benzene rings is 2. The lowest BCUT2D eigenvalue weighted by Gasteiger charge is -2.04. The number of hydrogen-bond acceptors (Lipinski definition) is 4. The second-order valence-electron chi connectivity index (χ2n) is 4.35. The second kappa shape index (κ2) is 6.57. The van der Waals surface area contributed by atoms with Crippen LogP contribution < -0.4 is 4.74 Å². The molecule has 0 bridgehead atoms. The van der Waals surface area contributed by atoms with Gasteiger partial charge in [0.15, 0.2) is 6.61 Å². The molecule has 2 aromatic carbocycles. The molecule has 4 nitrogen and oxygen atoms in total. The van der Waals surface area contributed by atoms with Crippen LogP contribution in [0.25, 0.3) is 11.5 Å². The summed E-state index contributed by atoms with van der Waals surface area (Å²) in [4.78, 5) is 0. The predicted molar refractivity (Wildman–Crippen MR) is 85.5 cm³/mol. The molecule has 1 heterocycles. The van der Waals surface area contributed by atoms with E-state index in [0.717, 1.165) is 0 Å². The number of halogens is 3. The Morgan fingerprint density at radius 1 is 0.909 bits per heavy atom. The molecule has 0 spiro atoms. The lowest BCUT2D eigenvalue weighted by molar-refractivity contribution is 0.264. The SMILES string of the molecule is Clc1ccc(OCc2nnc(-c3ccccc3Cl)o2)cc1Cl. The second-order valence-corrected chi connectivity index (χ2v) is 5.57. The molecule has 0 saturated carbocycles. The molecule has 0 aliphatic heterocycles. The van der Waals surface area contributed by atoms with E-state index in [9.17, 15) is 0 Å². The average Bonchev–Trinajstić information content (AvgIpc) is 2.98. The van der Waals surface area contributed by atoms with Gasteiger partial charge in [0, 0.05) is 6.07 Å². The quantitative estimate of drug-likeness (QED) is 0.639. The number of nitrogens with zero attached hydrogens (tertiary/aromatic N) is 2. The van der Waals surface area contributed by atoms with Gasteiger partial charge in [-0.2, -0.15) is 0 Å². The van der Waals surface area contributed by atoms with Crippen molar-refractivity contribution in [1.29, 1.82) is 0 Å². The normalized spacial score (nSPS) is 10.7. The summed E-state index contributed by atoms with van der Waals surface area (Å²) in [6.07, 6.45) is 0. The Kier molecular flexibility index (Phi) is 4.52. The molecular formula is C15H9Cl3N2O2. The van der Waals surface area contributed by atoms with Gasteiger partial charge in [0.1, 0.15) is 5.75 Å². The van der Waals surface area contributed by atoms with Crippen LogP contribution in [0.2, 0.25) is 15.1 Å². The lowest BCUT2D eigenvalue weighted by Crippen LogP contribution is -1.95. The molecule has 0 radical (unpaired) electrons. The summed E-state index contributed by atoms with van der Waals surface area (Å²) < 4.78 is 11.1. The maximum Gasteiger partial charge on any atom is 0.254 e. The molecule has 1 aromatic heterocycles. The Morgan fingerprint density at radius 3 is 2.50 bits per heavy atom. The Hall–Kier alpha value is -1.75. The van der Waals surface area contributed by atoms with E-state index in [4.69, 9.17) is 44.0 Å². The smallest absolute Gasteiger partial charge is 0.254 e. The third-order valence-electron chi connectivity index (χ3n) is 2.82. The third-order valence-corrected chi connectivity index (χ3v) is 3.89. The largest absolute Gasteiger partial charge is 0.484 e. The van der Waals surface area contributed by atoms with Crippen molar-refractivity contribution in [1.82, 2.24) is 10.2 Å². The maximum atomic E-state index is 6.09. The zero-order valence-electron chi connectivity index (χ0n) is 11.1. The van der Waals surface area contributed by atoms with Crippen LogP contribution in [0, 0.1) is 0 Å². The summed E-state index contributed by atoms with van der Waals surface area (Å²) >= 11 is 17.8. The van der Waals surface area contributed by atoms with E-state index in [1.807, 2.05) is 12.1 Å². The Morgan fingerprint density at radius 2 is 1.73 bits per heavy atom. The van der Waals surface area contributed by atoms with Gasteiger partial charge in [-0.1, -0.05) is 46.9 Å². The Bertz CT molecular complexity index is 805. The first-order valence-corrected chi connectivity index (χ1v) is 7.42. The van der Waals surface area contributed by atoms with E-state index < -0.39 is 0 Å². The van der Waals surface area contributed by atoms with Crippen LogP contribution in [0.1, 0.15) is 5.89 Å². The molecule has 7 heteroatoms. The van der Waals surface area contributed by atoms with Crippen molar-refractivity contribution in [3.05, 3.63) is 63.4 Å². The lowest BCUT2D eigenvalue weighted by atomic mass is 10.2.